The molecular formula is C11H17Cl2OZr. The molecule has 0 aromatic rings. The molecule has 15 heavy (non-hydrogen) atoms. The average molecular weight is 327 g/mol. The Hall–Kier alpha value is 0.903. The molecule has 4 heteroatoms. The van der Waals surface area contributed by atoms with E-state index in [9.17, 15) is 0 Å². The van der Waals surface area contributed by atoms with Gasteiger partial charge in [-0.05, 0) is 0 Å². The van der Waals surface area contributed by atoms with Gasteiger partial charge in [0.15, 0.2) is 0 Å². The van der Waals surface area contributed by atoms with Gasteiger partial charge in [-0.3, -0.25) is 0 Å². The summed E-state index contributed by atoms with van der Waals surface area (Å²) in [6, 6.07) is 0. The van der Waals surface area contributed by atoms with Gasteiger partial charge in [0.2, 0.25) is 0 Å². The third-order valence-corrected chi connectivity index (χ3v) is 5.99. The minimum absolute atomic E-state index is 0.00373. The van der Waals surface area contributed by atoms with Crippen molar-refractivity contribution in [1.29, 1.82) is 0 Å². The first-order valence-electron chi connectivity index (χ1n) is 4.97. The Labute approximate surface area is 108 Å². The molecule has 0 unspecified atom stereocenters. The van der Waals surface area contributed by atoms with Crippen LogP contribution in [0.2, 0.25) is 0 Å². The molecule has 0 aliphatic heterocycles. The predicted octanol–water partition coefficient (Wildman–Crippen LogP) is 4.54. The van der Waals surface area contributed by atoms with Crippen molar-refractivity contribution in [3.63, 3.8) is 0 Å². The number of hydrogen-bond donors (Lipinski definition) is 0. The Bertz CT molecular complexity index is 307. The number of hydrogen-bond acceptors (Lipinski definition) is 1. The van der Waals surface area contributed by atoms with E-state index in [-0.39, 0.29) is 5.41 Å². The Morgan fingerprint density at radius 2 is 1.47 bits per heavy atom. The maximum absolute atomic E-state index is 5.79. The molecule has 0 heterocycles. The van der Waals surface area contributed by atoms with Crippen molar-refractivity contribution in [1.82, 2.24) is 0 Å². The van der Waals surface area contributed by atoms with Crippen molar-refractivity contribution in [2.75, 3.05) is 6.61 Å². The van der Waals surface area contributed by atoms with Gasteiger partial charge in [0.05, 0.1) is 0 Å². The van der Waals surface area contributed by atoms with E-state index in [2.05, 4.69) is 34.6 Å². The van der Waals surface area contributed by atoms with Crippen LogP contribution < -0.4 is 0 Å². The molecule has 0 radical (unpaired) electrons. The van der Waals surface area contributed by atoms with Crippen LogP contribution >= 0.6 is 17.0 Å². The molecule has 0 saturated carbocycles. The van der Waals surface area contributed by atoms with E-state index < -0.39 is 19.8 Å². The van der Waals surface area contributed by atoms with Crippen LogP contribution in [0, 0.1) is 5.41 Å². The standard InChI is InChI=1S/C11H17O.2ClH.Zr/c1-7-8(2)10(4)11(5,6-12)9(7)3;;;/h6H2,1-5H3;2*1H;/q-1;;;+3/p-2. The SMILES string of the molecule is CC1=C(C)C(C)(C[O][Zr]([Cl])[Cl])C(C)=C1C. The van der Waals surface area contributed by atoms with Gasteiger partial charge in [0.25, 0.3) is 0 Å². The van der Waals surface area contributed by atoms with Gasteiger partial charge >= 0.3 is 109 Å². The van der Waals surface area contributed by atoms with Gasteiger partial charge in [-0.1, -0.05) is 0 Å². The summed E-state index contributed by atoms with van der Waals surface area (Å²) in [4.78, 5) is 0. The van der Waals surface area contributed by atoms with E-state index in [0.717, 1.165) is 0 Å². The van der Waals surface area contributed by atoms with Crippen molar-refractivity contribution < 1.29 is 22.6 Å². The van der Waals surface area contributed by atoms with Gasteiger partial charge in [0, 0.05) is 0 Å². The molecule has 0 saturated heterocycles. The third kappa shape index (κ3) is 2.60. The third-order valence-electron chi connectivity index (χ3n) is 3.81. The summed E-state index contributed by atoms with van der Waals surface area (Å²) in [6.45, 7) is 11.5. The second kappa shape index (κ2) is 5.04. The van der Waals surface area contributed by atoms with E-state index in [1.165, 1.54) is 22.3 Å². The van der Waals surface area contributed by atoms with Crippen LogP contribution in [0.1, 0.15) is 34.6 Å². The topological polar surface area (TPSA) is 9.23 Å². The van der Waals surface area contributed by atoms with Crippen LogP contribution in [0.25, 0.3) is 0 Å². The van der Waals surface area contributed by atoms with E-state index in [4.69, 9.17) is 19.8 Å². The van der Waals surface area contributed by atoms with Gasteiger partial charge in [0.1, 0.15) is 0 Å². The fraction of sp³-hybridized carbons (Fsp3) is 0.636. The summed E-state index contributed by atoms with van der Waals surface area (Å²) in [5.41, 5.74) is 5.54. The molecule has 0 aromatic heterocycles. The van der Waals surface area contributed by atoms with Crippen LogP contribution in [0.4, 0.5) is 0 Å². The number of rotatable bonds is 3. The van der Waals surface area contributed by atoms with Crippen molar-refractivity contribution in [3.05, 3.63) is 22.3 Å². The fourth-order valence-electron chi connectivity index (χ4n) is 2.09. The van der Waals surface area contributed by atoms with Crippen LogP contribution in [0.3, 0.4) is 0 Å². The molecule has 0 spiro atoms. The second-order valence-electron chi connectivity index (χ2n) is 4.35. The number of halogens is 2. The molecule has 0 N–H and O–H groups in total. The van der Waals surface area contributed by atoms with Crippen LogP contribution in [0.15, 0.2) is 22.3 Å². The van der Waals surface area contributed by atoms with Crippen LogP contribution in [-0.2, 0) is 22.6 Å². The second-order valence-corrected chi connectivity index (χ2v) is 11.4. The first kappa shape index (κ1) is 14.0. The summed E-state index contributed by atoms with van der Waals surface area (Å²) in [6.07, 6.45) is 0. The molecule has 1 aliphatic carbocycles. The molecule has 1 rings (SSSR count). The van der Waals surface area contributed by atoms with Crippen LogP contribution in [0.5, 0.6) is 0 Å². The molecule has 0 aromatic carbocycles. The summed E-state index contributed by atoms with van der Waals surface area (Å²) in [5, 5.41) is 0. The normalized spacial score (nSPS) is 20.2. The van der Waals surface area contributed by atoms with E-state index >= 15 is 0 Å². The molecule has 0 fully saturated rings. The Balaban J connectivity index is 2.94. The minimum atomic E-state index is -2.47. The zero-order chi connectivity index (χ0) is 11.8. The fourth-order valence-corrected chi connectivity index (χ4v) is 3.71. The van der Waals surface area contributed by atoms with Gasteiger partial charge in [-0.15, -0.1) is 0 Å². The van der Waals surface area contributed by atoms with Crippen molar-refractivity contribution in [2.45, 2.75) is 34.6 Å². The first-order chi connectivity index (χ1) is 6.80. The van der Waals surface area contributed by atoms with Crippen molar-refractivity contribution in [3.8, 4) is 0 Å². The zero-order valence-electron chi connectivity index (χ0n) is 9.87. The van der Waals surface area contributed by atoms with E-state index in [1.807, 2.05) is 0 Å². The summed E-state index contributed by atoms with van der Waals surface area (Å²) in [7, 11) is 11.6. The molecule has 0 atom stereocenters. The molecular weight excluding hydrogens is 310 g/mol. The van der Waals surface area contributed by atoms with Gasteiger partial charge in [-0.2, -0.15) is 0 Å². The van der Waals surface area contributed by atoms with Gasteiger partial charge in [-0.25, -0.2) is 0 Å². The Morgan fingerprint density at radius 3 is 1.80 bits per heavy atom. The molecule has 85 valence electrons. The number of allylic oxidation sites excluding steroid dienone is 2. The quantitative estimate of drug-likeness (QED) is 0.740. The maximum atomic E-state index is 5.79. The van der Waals surface area contributed by atoms with Crippen LogP contribution in [-0.4, -0.2) is 6.61 Å². The average Bonchev–Trinajstić information content (AvgIpc) is 2.32. The van der Waals surface area contributed by atoms with E-state index in [0.29, 0.717) is 6.61 Å². The summed E-state index contributed by atoms with van der Waals surface area (Å²) in [5.74, 6) is 0. The predicted molar refractivity (Wildman–Crippen MR) is 62.5 cm³/mol. The van der Waals surface area contributed by atoms with Gasteiger partial charge < -0.3 is 0 Å². The zero-order valence-corrected chi connectivity index (χ0v) is 13.8. The molecule has 1 aliphatic rings. The summed E-state index contributed by atoms with van der Waals surface area (Å²) >= 11 is -2.47. The van der Waals surface area contributed by atoms with E-state index in [1.54, 1.807) is 0 Å². The molecule has 0 amide bonds. The Kier molecular flexibility index (Phi) is 4.69. The molecule has 0 bridgehead atoms. The van der Waals surface area contributed by atoms with Crippen molar-refractivity contribution >= 4 is 17.0 Å². The van der Waals surface area contributed by atoms with Crippen molar-refractivity contribution in [2.24, 2.45) is 5.41 Å². The Morgan fingerprint density at radius 1 is 1.07 bits per heavy atom. The monoisotopic (exact) mass is 325 g/mol. The molecule has 1 nitrogen and oxygen atoms in total. The first-order valence-corrected chi connectivity index (χ1v) is 12.3. The summed E-state index contributed by atoms with van der Waals surface area (Å²) < 4.78 is 5.53.